The first kappa shape index (κ1) is 14.0. The molecule has 6 nitrogen and oxygen atoms in total. The van der Waals surface area contributed by atoms with Crippen LogP contribution in [0.5, 0.6) is 0 Å². The maximum Gasteiger partial charge on any atom is 0.224 e. The Morgan fingerprint density at radius 2 is 2.16 bits per heavy atom. The highest BCUT2D eigenvalue weighted by atomic mass is 16.1. The van der Waals surface area contributed by atoms with Gasteiger partial charge in [-0.3, -0.25) is 4.79 Å². The van der Waals surface area contributed by atoms with Crippen molar-refractivity contribution in [2.45, 2.75) is 52.1 Å². The number of rotatable bonds is 4. The van der Waals surface area contributed by atoms with Crippen LogP contribution in [0.1, 0.15) is 50.8 Å². The molecule has 19 heavy (non-hydrogen) atoms. The van der Waals surface area contributed by atoms with Crippen LogP contribution in [0.2, 0.25) is 0 Å². The molecule has 2 heterocycles. The van der Waals surface area contributed by atoms with Crippen LogP contribution in [0, 0.1) is 5.92 Å². The number of fused-ring (bicyclic) bond motifs is 1. The van der Waals surface area contributed by atoms with Crippen LogP contribution in [0.4, 0.5) is 0 Å². The minimum absolute atomic E-state index is 0.0269. The summed E-state index contributed by atoms with van der Waals surface area (Å²) < 4.78 is 2.16. The predicted molar refractivity (Wildman–Crippen MR) is 72.4 cm³/mol. The van der Waals surface area contributed by atoms with Gasteiger partial charge >= 0.3 is 0 Å². The largest absolute Gasteiger partial charge is 0.346 e. The van der Waals surface area contributed by atoms with E-state index in [4.69, 9.17) is 5.73 Å². The number of hydrogen-bond donors (Lipinski definition) is 2. The van der Waals surface area contributed by atoms with Gasteiger partial charge in [-0.25, -0.2) is 0 Å². The smallest absolute Gasteiger partial charge is 0.224 e. The number of aryl methyl sites for hydroxylation is 1. The van der Waals surface area contributed by atoms with Crippen molar-refractivity contribution in [3.05, 3.63) is 11.6 Å². The SMILES string of the molecule is CC(CN)C(=O)N[C@H](C)c1nnc2n1CCCCC2. The lowest BCUT2D eigenvalue weighted by Gasteiger charge is -2.17. The monoisotopic (exact) mass is 265 g/mol. The van der Waals surface area contributed by atoms with E-state index in [1.165, 1.54) is 12.8 Å². The lowest BCUT2D eigenvalue weighted by atomic mass is 10.1. The Labute approximate surface area is 113 Å². The molecule has 0 fully saturated rings. The summed E-state index contributed by atoms with van der Waals surface area (Å²) in [5, 5.41) is 11.5. The molecule has 0 bridgehead atoms. The maximum absolute atomic E-state index is 11.9. The molecule has 0 aliphatic carbocycles. The van der Waals surface area contributed by atoms with Crippen molar-refractivity contribution in [2.75, 3.05) is 6.54 Å². The lowest BCUT2D eigenvalue weighted by Crippen LogP contribution is -2.36. The van der Waals surface area contributed by atoms with E-state index in [9.17, 15) is 4.79 Å². The summed E-state index contributed by atoms with van der Waals surface area (Å²) >= 11 is 0. The Morgan fingerprint density at radius 1 is 1.37 bits per heavy atom. The highest BCUT2D eigenvalue weighted by Gasteiger charge is 2.21. The van der Waals surface area contributed by atoms with Gasteiger partial charge in [0.25, 0.3) is 0 Å². The molecule has 1 aromatic heterocycles. The van der Waals surface area contributed by atoms with E-state index in [-0.39, 0.29) is 17.9 Å². The zero-order chi connectivity index (χ0) is 13.8. The van der Waals surface area contributed by atoms with Gasteiger partial charge in [-0.1, -0.05) is 13.3 Å². The summed E-state index contributed by atoms with van der Waals surface area (Å²) in [5.74, 6) is 1.70. The van der Waals surface area contributed by atoms with Crippen LogP contribution in [0.15, 0.2) is 0 Å². The van der Waals surface area contributed by atoms with Crippen LogP contribution in [-0.4, -0.2) is 27.2 Å². The van der Waals surface area contributed by atoms with E-state index in [0.29, 0.717) is 6.54 Å². The van der Waals surface area contributed by atoms with Crippen LogP contribution in [0.25, 0.3) is 0 Å². The second kappa shape index (κ2) is 6.14. The van der Waals surface area contributed by atoms with E-state index in [0.717, 1.165) is 31.0 Å². The first-order valence-corrected chi connectivity index (χ1v) is 7.06. The van der Waals surface area contributed by atoms with Crippen molar-refractivity contribution in [3.8, 4) is 0 Å². The van der Waals surface area contributed by atoms with Gasteiger partial charge < -0.3 is 15.6 Å². The molecule has 1 aliphatic heterocycles. The normalized spacial score (nSPS) is 18.3. The fourth-order valence-corrected chi connectivity index (χ4v) is 2.36. The molecule has 2 rings (SSSR count). The number of carbonyl (C=O) groups is 1. The number of aromatic nitrogens is 3. The van der Waals surface area contributed by atoms with E-state index in [1.807, 2.05) is 13.8 Å². The van der Waals surface area contributed by atoms with Gasteiger partial charge in [0.1, 0.15) is 5.82 Å². The quantitative estimate of drug-likeness (QED) is 0.842. The Morgan fingerprint density at radius 3 is 2.89 bits per heavy atom. The van der Waals surface area contributed by atoms with Crippen LogP contribution < -0.4 is 11.1 Å². The van der Waals surface area contributed by atoms with Crippen molar-refractivity contribution >= 4 is 5.91 Å². The molecule has 1 unspecified atom stereocenters. The number of carbonyl (C=O) groups excluding carboxylic acids is 1. The molecule has 0 spiro atoms. The fourth-order valence-electron chi connectivity index (χ4n) is 2.36. The molecular weight excluding hydrogens is 242 g/mol. The summed E-state index contributed by atoms with van der Waals surface area (Å²) in [6.45, 7) is 5.08. The van der Waals surface area contributed by atoms with Crippen LogP contribution in [0.3, 0.4) is 0 Å². The molecule has 0 saturated carbocycles. The first-order chi connectivity index (χ1) is 9.13. The number of amides is 1. The molecule has 1 aromatic rings. The Balaban J connectivity index is 2.09. The number of nitrogens with two attached hydrogens (primary N) is 1. The van der Waals surface area contributed by atoms with Crippen LogP contribution >= 0.6 is 0 Å². The lowest BCUT2D eigenvalue weighted by molar-refractivity contribution is -0.124. The van der Waals surface area contributed by atoms with Crippen LogP contribution in [-0.2, 0) is 17.8 Å². The molecule has 6 heteroatoms. The van der Waals surface area contributed by atoms with Gasteiger partial charge in [0, 0.05) is 25.4 Å². The second-order valence-corrected chi connectivity index (χ2v) is 5.30. The molecule has 1 amide bonds. The van der Waals surface area contributed by atoms with Crippen molar-refractivity contribution in [1.82, 2.24) is 20.1 Å². The van der Waals surface area contributed by atoms with Gasteiger partial charge in [-0.2, -0.15) is 0 Å². The third kappa shape index (κ3) is 3.12. The Bertz CT molecular complexity index is 442. The highest BCUT2D eigenvalue weighted by Crippen LogP contribution is 2.18. The minimum atomic E-state index is -0.172. The zero-order valence-corrected chi connectivity index (χ0v) is 11.7. The summed E-state index contributed by atoms with van der Waals surface area (Å²) in [7, 11) is 0. The third-order valence-corrected chi connectivity index (χ3v) is 3.69. The van der Waals surface area contributed by atoms with Crippen molar-refractivity contribution < 1.29 is 4.79 Å². The minimum Gasteiger partial charge on any atom is -0.346 e. The zero-order valence-electron chi connectivity index (χ0n) is 11.7. The topological polar surface area (TPSA) is 85.8 Å². The summed E-state index contributed by atoms with van der Waals surface area (Å²) in [6, 6.07) is -0.124. The van der Waals surface area contributed by atoms with Gasteiger partial charge in [0.15, 0.2) is 5.82 Å². The number of hydrogen-bond acceptors (Lipinski definition) is 4. The number of nitrogens with zero attached hydrogens (tertiary/aromatic N) is 3. The summed E-state index contributed by atoms with van der Waals surface area (Å²) in [4.78, 5) is 11.9. The van der Waals surface area contributed by atoms with Crippen molar-refractivity contribution in [3.63, 3.8) is 0 Å². The molecule has 0 aromatic carbocycles. The molecule has 0 radical (unpaired) electrons. The standard InChI is InChI=1S/C13H23N5O/c1-9(8-14)13(19)15-10(2)12-17-16-11-6-4-3-5-7-18(11)12/h9-10H,3-8,14H2,1-2H3,(H,15,19)/t9?,10-/m1/s1. The highest BCUT2D eigenvalue weighted by molar-refractivity contribution is 5.78. The molecule has 2 atom stereocenters. The fraction of sp³-hybridized carbons (Fsp3) is 0.769. The van der Waals surface area contributed by atoms with E-state index in [2.05, 4.69) is 20.1 Å². The third-order valence-electron chi connectivity index (χ3n) is 3.69. The molecule has 0 saturated heterocycles. The van der Waals surface area contributed by atoms with Crippen molar-refractivity contribution in [1.29, 1.82) is 0 Å². The van der Waals surface area contributed by atoms with Gasteiger partial charge in [-0.05, 0) is 19.8 Å². The maximum atomic E-state index is 11.9. The van der Waals surface area contributed by atoms with E-state index < -0.39 is 0 Å². The van der Waals surface area contributed by atoms with E-state index >= 15 is 0 Å². The Hall–Kier alpha value is -1.43. The molecule has 106 valence electrons. The predicted octanol–water partition coefficient (Wildman–Crippen LogP) is 0.776. The average Bonchev–Trinajstić information content (AvgIpc) is 2.67. The number of nitrogens with one attached hydrogen (secondary N) is 1. The molecule has 1 aliphatic rings. The summed E-state index contributed by atoms with van der Waals surface area (Å²) in [6.07, 6.45) is 4.53. The molecule has 3 N–H and O–H groups in total. The van der Waals surface area contributed by atoms with Crippen molar-refractivity contribution in [2.24, 2.45) is 11.7 Å². The van der Waals surface area contributed by atoms with Gasteiger partial charge in [0.05, 0.1) is 6.04 Å². The van der Waals surface area contributed by atoms with Gasteiger partial charge in [0.2, 0.25) is 5.91 Å². The molecular formula is C13H23N5O. The average molecular weight is 265 g/mol. The first-order valence-electron chi connectivity index (χ1n) is 7.06. The summed E-state index contributed by atoms with van der Waals surface area (Å²) in [5.41, 5.74) is 5.50. The van der Waals surface area contributed by atoms with Gasteiger partial charge in [-0.15, -0.1) is 10.2 Å². The van der Waals surface area contributed by atoms with E-state index in [1.54, 1.807) is 0 Å². The second-order valence-electron chi connectivity index (χ2n) is 5.30. The Kier molecular flexibility index (Phi) is 4.52.